The van der Waals surface area contributed by atoms with Crippen LogP contribution >= 0.6 is 0 Å². The summed E-state index contributed by atoms with van der Waals surface area (Å²) in [4.78, 5) is 25.6. The highest BCUT2D eigenvalue weighted by atomic mass is 16.6. The van der Waals surface area contributed by atoms with E-state index in [0.29, 0.717) is 22.5 Å². The minimum atomic E-state index is -0.771. The first kappa shape index (κ1) is 25.0. The number of ether oxygens (including phenoxy) is 3. The van der Waals surface area contributed by atoms with Crippen LogP contribution in [0.25, 0.3) is 16.9 Å². The van der Waals surface area contributed by atoms with E-state index in [0.717, 1.165) is 17.0 Å². The van der Waals surface area contributed by atoms with Gasteiger partial charge in [0.2, 0.25) is 0 Å². The van der Waals surface area contributed by atoms with Crippen LogP contribution in [-0.2, 0) is 14.3 Å². The highest BCUT2D eigenvalue weighted by molar-refractivity contribution is 5.95. The number of hydrogen-bond acceptors (Lipinski definition) is 6. The smallest absolute Gasteiger partial charge is 0.338 e. The molecule has 0 radical (unpaired) electrons. The third-order valence-electron chi connectivity index (χ3n) is 5.58. The summed E-state index contributed by atoms with van der Waals surface area (Å²) in [5, 5.41) is 10.4. The SMILES string of the molecule is COCCOC(=O)C1=C(C)NC(=O)N[C@H]1c1cn(-c2ccccc2)nc1-c1ccc(OC(C)C)cc1. The number of urea groups is 1. The van der Waals surface area contributed by atoms with E-state index in [4.69, 9.17) is 19.3 Å². The van der Waals surface area contributed by atoms with Crippen molar-refractivity contribution in [3.05, 3.63) is 77.6 Å². The number of para-hydroxylation sites is 1. The van der Waals surface area contributed by atoms with E-state index in [1.807, 2.05) is 74.6 Å². The third kappa shape index (κ3) is 5.58. The largest absolute Gasteiger partial charge is 0.491 e. The fraction of sp³-hybridized carbons (Fsp3) is 0.296. The maximum atomic E-state index is 13.1. The molecule has 188 valence electrons. The number of esters is 1. The van der Waals surface area contributed by atoms with Crippen molar-refractivity contribution in [3.63, 3.8) is 0 Å². The van der Waals surface area contributed by atoms with Crippen molar-refractivity contribution in [2.24, 2.45) is 0 Å². The Kier molecular flexibility index (Phi) is 7.70. The van der Waals surface area contributed by atoms with Gasteiger partial charge in [0.25, 0.3) is 0 Å². The van der Waals surface area contributed by atoms with Crippen LogP contribution in [0.15, 0.2) is 72.1 Å². The van der Waals surface area contributed by atoms with Crippen LogP contribution in [0.5, 0.6) is 5.75 Å². The summed E-state index contributed by atoms with van der Waals surface area (Å²) in [6, 6.07) is 16.0. The Morgan fingerprint density at radius 3 is 2.47 bits per heavy atom. The van der Waals surface area contributed by atoms with Crippen LogP contribution in [0.4, 0.5) is 4.79 Å². The van der Waals surface area contributed by atoms with E-state index >= 15 is 0 Å². The van der Waals surface area contributed by atoms with E-state index in [9.17, 15) is 9.59 Å². The predicted octanol–water partition coefficient (Wildman–Crippen LogP) is 4.14. The molecule has 36 heavy (non-hydrogen) atoms. The number of amides is 2. The van der Waals surface area contributed by atoms with Crippen molar-refractivity contribution in [2.75, 3.05) is 20.3 Å². The lowest BCUT2D eigenvalue weighted by Crippen LogP contribution is -2.45. The fourth-order valence-corrected chi connectivity index (χ4v) is 3.99. The minimum absolute atomic E-state index is 0.0495. The van der Waals surface area contributed by atoms with E-state index in [1.165, 1.54) is 7.11 Å². The van der Waals surface area contributed by atoms with Crippen LogP contribution in [0.1, 0.15) is 32.4 Å². The first-order valence-corrected chi connectivity index (χ1v) is 11.7. The van der Waals surface area contributed by atoms with Crippen LogP contribution in [0, 0.1) is 0 Å². The second kappa shape index (κ2) is 11.1. The molecule has 2 amide bonds. The van der Waals surface area contributed by atoms with Gasteiger partial charge in [-0.2, -0.15) is 5.10 Å². The Bertz CT molecular complexity index is 1250. The zero-order valence-electron chi connectivity index (χ0n) is 20.8. The molecule has 0 bridgehead atoms. The number of carbonyl (C=O) groups is 2. The standard InChI is InChI=1S/C27H30N4O5/c1-17(2)36-21-12-10-19(11-13-21)24-22(16-31(30-24)20-8-6-5-7-9-20)25-23(18(3)28-27(33)29-25)26(32)35-15-14-34-4/h5-13,16-17,25H,14-15H2,1-4H3,(H2,28,29,33)/t25-/m0/s1. The quantitative estimate of drug-likeness (QED) is 0.345. The number of benzene rings is 2. The van der Waals surface area contributed by atoms with E-state index in [-0.39, 0.29) is 19.3 Å². The number of hydrogen-bond donors (Lipinski definition) is 2. The van der Waals surface area contributed by atoms with Gasteiger partial charge in [-0.1, -0.05) is 18.2 Å². The van der Waals surface area contributed by atoms with Crippen molar-refractivity contribution in [1.29, 1.82) is 0 Å². The molecule has 1 atom stereocenters. The Hall–Kier alpha value is -4.11. The zero-order valence-corrected chi connectivity index (χ0v) is 20.8. The van der Waals surface area contributed by atoms with E-state index in [1.54, 1.807) is 11.6 Å². The topological polar surface area (TPSA) is 104 Å². The van der Waals surface area contributed by atoms with Crippen molar-refractivity contribution < 1.29 is 23.8 Å². The number of nitrogens with one attached hydrogen (secondary N) is 2. The number of rotatable bonds is 9. The second-order valence-corrected chi connectivity index (χ2v) is 8.60. The minimum Gasteiger partial charge on any atom is -0.491 e. The molecule has 1 aliphatic heterocycles. The Morgan fingerprint density at radius 2 is 1.81 bits per heavy atom. The normalized spacial score (nSPS) is 15.5. The molecule has 0 spiro atoms. The monoisotopic (exact) mass is 490 g/mol. The lowest BCUT2D eigenvalue weighted by atomic mass is 9.94. The van der Waals surface area contributed by atoms with Gasteiger partial charge in [-0.25, -0.2) is 14.3 Å². The maximum Gasteiger partial charge on any atom is 0.338 e. The van der Waals surface area contributed by atoms with Gasteiger partial charge in [-0.05, 0) is 57.2 Å². The average Bonchev–Trinajstić information content (AvgIpc) is 3.30. The molecule has 0 saturated carbocycles. The number of nitrogens with zero attached hydrogens (tertiary/aromatic N) is 2. The molecule has 1 aliphatic rings. The molecular weight excluding hydrogens is 460 g/mol. The van der Waals surface area contributed by atoms with Crippen LogP contribution in [0.3, 0.4) is 0 Å². The highest BCUT2D eigenvalue weighted by Gasteiger charge is 2.35. The predicted molar refractivity (Wildman–Crippen MR) is 135 cm³/mol. The third-order valence-corrected chi connectivity index (χ3v) is 5.58. The number of allylic oxidation sites excluding steroid dienone is 1. The summed E-state index contributed by atoms with van der Waals surface area (Å²) >= 11 is 0. The summed E-state index contributed by atoms with van der Waals surface area (Å²) in [6.07, 6.45) is 1.88. The van der Waals surface area contributed by atoms with E-state index in [2.05, 4.69) is 10.6 Å². The molecule has 3 aromatic rings. The van der Waals surface area contributed by atoms with Gasteiger partial charge >= 0.3 is 12.0 Å². The molecule has 2 aromatic carbocycles. The second-order valence-electron chi connectivity index (χ2n) is 8.60. The molecule has 2 N–H and O–H groups in total. The first-order chi connectivity index (χ1) is 17.4. The molecule has 4 rings (SSSR count). The van der Waals surface area contributed by atoms with E-state index < -0.39 is 18.0 Å². The summed E-state index contributed by atoms with van der Waals surface area (Å²) in [5.74, 6) is 0.201. The molecule has 0 unspecified atom stereocenters. The summed E-state index contributed by atoms with van der Waals surface area (Å²) < 4.78 is 17.9. The van der Waals surface area contributed by atoms with Crippen LogP contribution in [0.2, 0.25) is 0 Å². The fourth-order valence-electron chi connectivity index (χ4n) is 3.99. The van der Waals surface area contributed by atoms with Crippen LogP contribution < -0.4 is 15.4 Å². The number of aromatic nitrogens is 2. The Labute approximate surface area is 210 Å². The average molecular weight is 491 g/mol. The van der Waals surface area contributed by atoms with Gasteiger partial charge in [-0.15, -0.1) is 0 Å². The molecule has 2 heterocycles. The number of methoxy groups -OCH3 is 1. The molecule has 0 saturated heterocycles. The van der Waals surface area contributed by atoms with Crippen LogP contribution in [-0.4, -0.2) is 48.2 Å². The van der Waals surface area contributed by atoms with Crippen molar-refractivity contribution in [2.45, 2.75) is 32.9 Å². The Morgan fingerprint density at radius 1 is 1.08 bits per heavy atom. The molecule has 0 fully saturated rings. The number of carbonyl (C=O) groups excluding carboxylic acids is 2. The molecule has 1 aromatic heterocycles. The highest BCUT2D eigenvalue weighted by Crippen LogP contribution is 2.35. The van der Waals surface area contributed by atoms with Gasteiger partial charge in [0, 0.05) is 30.1 Å². The zero-order chi connectivity index (χ0) is 25.7. The molecular formula is C27H30N4O5. The summed E-state index contributed by atoms with van der Waals surface area (Å²) in [7, 11) is 1.53. The Balaban J connectivity index is 1.80. The summed E-state index contributed by atoms with van der Waals surface area (Å²) in [5.41, 5.74) is 3.66. The van der Waals surface area contributed by atoms with Gasteiger partial charge in [0.1, 0.15) is 12.4 Å². The van der Waals surface area contributed by atoms with Gasteiger partial charge in [0.15, 0.2) is 0 Å². The first-order valence-electron chi connectivity index (χ1n) is 11.7. The van der Waals surface area contributed by atoms with Gasteiger partial charge in [-0.3, -0.25) is 0 Å². The maximum absolute atomic E-state index is 13.1. The summed E-state index contributed by atoms with van der Waals surface area (Å²) in [6.45, 7) is 5.98. The molecule has 9 nitrogen and oxygen atoms in total. The van der Waals surface area contributed by atoms with Gasteiger partial charge in [0.05, 0.1) is 35.7 Å². The molecule has 9 heteroatoms. The van der Waals surface area contributed by atoms with Crippen molar-refractivity contribution in [3.8, 4) is 22.7 Å². The van der Waals surface area contributed by atoms with Gasteiger partial charge < -0.3 is 24.8 Å². The van der Waals surface area contributed by atoms with Crippen molar-refractivity contribution in [1.82, 2.24) is 20.4 Å². The lowest BCUT2D eigenvalue weighted by molar-refractivity contribution is -0.140. The molecule has 0 aliphatic carbocycles. The lowest BCUT2D eigenvalue weighted by Gasteiger charge is -2.28. The van der Waals surface area contributed by atoms with Crippen molar-refractivity contribution >= 4 is 12.0 Å².